The Labute approximate surface area is 210 Å². The summed E-state index contributed by atoms with van der Waals surface area (Å²) in [6.45, 7) is 0. The van der Waals surface area contributed by atoms with E-state index in [0.717, 1.165) is 40.6 Å². The summed E-state index contributed by atoms with van der Waals surface area (Å²) in [5, 5.41) is 6.64. The van der Waals surface area contributed by atoms with Crippen LogP contribution in [0.4, 0.5) is 22.7 Å². The van der Waals surface area contributed by atoms with Gasteiger partial charge < -0.3 is 10.6 Å². The summed E-state index contributed by atoms with van der Waals surface area (Å²) < 4.78 is 4.32. The van der Waals surface area contributed by atoms with Gasteiger partial charge in [-0.25, -0.2) is 0 Å². The molecule has 0 aliphatic heterocycles. The van der Waals surface area contributed by atoms with Crippen LogP contribution in [0.5, 0.6) is 0 Å². The molecule has 30 heavy (non-hydrogen) atoms. The average molecular weight is 654 g/mol. The van der Waals surface area contributed by atoms with Crippen molar-refractivity contribution in [2.75, 3.05) is 10.6 Å². The predicted octanol–water partition coefficient (Wildman–Crippen LogP) is 9.91. The molecule has 0 aliphatic carbocycles. The molecule has 0 radical (unpaired) electrons. The monoisotopic (exact) mass is 650 g/mol. The van der Waals surface area contributed by atoms with Crippen molar-refractivity contribution in [1.82, 2.24) is 0 Å². The topological polar surface area (TPSA) is 24.1 Å². The molecule has 0 bridgehead atoms. The van der Waals surface area contributed by atoms with Gasteiger partial charge in [-0.15, -0.1) is 0 Å². The van der Waals surface area contributed by atoms with E-state index in [4.69, 9.17) is 0 Å². The van der Waals surface area contributed by atoms with Crippen LogP contribution in [0.15, 0.2) is 115 Å². The standard InChI is InChI=1S/2C12H9Br2N/c2*13-9-4-6-11(7-5-9)15-12-3-1-2-10(14)8-12/h2*1-8,15H. The predicted molar refractivity (Wildman–Crippen MR) is 143 cm³/mol. The lowest BCUT2D eigenvalue weighted by Gasteiger charge is -2.06. The first kappa shape index (κ1) is 23.1. The highest BCUT2D eigenvalue weighted by Gasteiger charge is 1.96. The highest BCUT2D eigenvalue weighted by Crippen LogP contribution is 2.23. The Morgan fingerprint density at radius 1 is 0.367 bits per heavy atom. The van der Waals surface area contributed by atoms with E-state index in [1.54, 1.807) is 0 Å². The van der Waals surface area contributed by atoms with Crippen molar-refractivity contribution in [2.24, 2.45) is 0 Å². The van der Waals surface area contributed by atoms with E-state index in [0.29, 0.717) is 0 Å². The second-order valence-corrected chi connectivity index (χ2v) is 9.95. The van der Waals surface area contributed by atoms with Crippen LogP contribution in [0.1, 0.15) is 0 Å². The van der Waals surface area contributed by atoms with Gasteiger partial charge in [-0.05, 0) is 84.9 Å². The van der Waals surface area contributed by atoms with E-state index in [1.165, 1.54) is 0 Å². The summed E-state index contributed by atoms with van der Waals surface area (Å²) in [5.41, 5.74) is 4.31. The van der Waals surface area contributed by atoms with E-state index in [1.807, 2.05) is 97.1 Å². The molecule has 4 aromatic carbocycles. The van der Waals surface area contributed by atoms with Gasteiger partial charge in [0, 0.05) is 40.6 Å². The lowest BCUT2D eigenvalue weighted by Crippen LogP contribution is -1.88. The molecule has 0 fully saturated rings. The molecule has 0 saturated heterocycles. The molecule has 0 saturated carbocycles. The number of rotatable bonds is 4. The maximum absolute atomic E-state index is 3.44. The van der Waals surface area contributed by atoms with Crippen LogP contribution in [0.25, 0.3) is 0 Å². The molecule has 6 heteroatoms. The van der Waals surface area contributed by atoms with Crippen molar-refractivity contribution in [2.45, 2.75) is 0 Å². The molecule has 0 aromatic heterocycles. The Morgan fingerprint density at radius 3 is 1.07 bits per heavy atom. The third kappa shape index (κ3) is 7.91. The molecule has 0 amide bonds. The van der Waals surface area contributed by atoms with Gasteiger partial charge in [-0.2, -0.15) is 0 Å². The van der Waals surface area contributed by atoms with Gasteiger partial charge in [-0.3, -0.25) is 0 Å². The summed E-state index contributed by atoms with van der Waals surface area (Å²) in [4.78, 5) is 0. The first-order chi connectivity index (χ1) is 14.5. The summed E-state index contributed by atoms with van der Waals surface area (Å²) >= 11 is 13.7. The minimum atomic E-state index is 1.07. The minimum Gasteiger partial charge on any atom is -0.355 e. The van der Waals surface area contributed by atoms with Crippen LogP contribution in [0.2, 0.25) is 0 Å². The van der Waals surface area contributed by atoms with Crippen LogP contribution in [-0.2, 0) is 0 Å². The zero-order valence-electron chi connectivity index (χ0n) is 15.7. The van der Waals surface area contributed by atoms with Gasteiger partial charge in [-0.1, -0.05) is 75.9 Å². The Morgan fingerprint density at radius 2 is 0.733 bits per heavy atom. The molecule has 4 aromatic rings. The minimum absolute atomic E-state index is 1.07. The number of halogens is 4. The molecule has 4 rings (SSSR count). The van der Waals surface area contributed by atoms with Crippen LogP contribution >= 0.6 is 63.7 Å². The normalized spacial score (nSPS) is 10.0. The average Bonchev–Trinajstić information content (AvgIpc) is 2.72. The molecular weight excluding hydrogens is 636 g/mol. The molecule has 0 spiro atoms. The summed E-state index contributed by atoms with van der Waals surface area (Å²) in [5.74, 6) is 0. The number of anilines is 4. The van der Waals surface area contributed by atoms with Crippen molar-refractivity contribution >= 4 is 86.5 Å². The Kier molecular flexibility index (Phi) is 9.00. The van der Waals surface area contributed by atoms with E-state index in [2.05, 4.69) is 74.4 Å². The maximum atomic E-state index is 3.44. The van der Waals surface area contributed by atoms with E-state index < -0.39 is 0 Å². The third-order valence-electron chi connectivity index (χ3n) is 3.92. The lowest BCUT2D eigenvalue weighted by molar-refractivity contribution is 1.52. The summed E-state index contributed by atoms with van der Waals surface area (Å²) in [6.07, 6.45) is 0. The molecular formula is C24H18Br4N2. The second-order valence-electron chi connectivity index (χ2n) is 6.28. The fourth-order valence-electron chi connectivity index (χ4n) is 2.53. The highest BCUT2D eigenvalue weighted by molar-refractivity contribution is 9.11. The maximum Gasteiger partial charge on any atom is 0.0395 e. The molecule has 2 N–H and O–H groups in total. The van der Waals surface area contributed by atoms with Crippen LogP contribution < -0.4 is 10.6 Å². The fourth-order valence-corrected chi connectivity index (χ4v) is 3.86. The third-order valence-corrected chi connectivity index (χ3v) is 5.96. The zero-order valence-corrected chi connectivity index (χ0v) is 22.1. The SMILES string of the molecule is Brc1ccc(Nc2cccc(Br)c2)cc1.Brc1ccc(Nc2cccc(Br)c2)cc1. The van der Waals surface area contributed by atoms with Gasteiger partial charge in [0.25, 0.3) is 0 Å². The number of nitrogens with one attached hydrogen (secondary N) is 2. The van der Waals surface area contributed by atoms with Crippen molar-refractivity contribution in [3.63, 3.8) is 0 Å². The lowest BCUT2D eigenvalue weighted by atomic mass is 10.3. The molecule has 0 aliphatic rings. The number of hydrogen-bond donors (Lipinski definition) is 2. The molecule has 0 unspecified atom stereocenters. The van der Waals surface area contributed by atoms with Gasteiger partial charge >= 0.3 is 0 Å². The van der Waals surface area contributed by atoms with Crippen LogP contribution in [0, 0.1) is 0 Å². The Hall–Kier alpha value is -1.60. The van der Waals surface area contributed by atoms with Gasteiger partial charge in [0.2, 0.25) is 0 Å². The number of benzene rings is 4. The second kappa shape index (κ2) is 11.7. The zero-order chi connectivity index (χ0) is 21.3. The summed E-state index contributed by atoms with van der Waals surface area (Å²) in [7, 11) is 0. The van der Waals surface area contributed by atoms with E-state index in [-0.39, 0.29) is 0 Å². The molecule has 0 heterocycles. The van der Waals surface area contributed by atoms with Gasteiger partial charge in [0.15, 0.2) is 0 Å². The first-order valence-corrected chi connectivity index (χ1v) is 12.2. The van der Waals surface area contributed by atoms with Gasteiger partial charge in [0.1, 0.15) is 0 Å². The highest BCUT2D eigenvalue weighted by atomic mass is 79.9. The van der Waals surface area contributed by atoms with Crippen LogP contribution in [-0.4, -0.2) is 0 Å². The Bertz CT molecular complexity index is 992. The largest absolute Gasteiger partial charge is 0.355 e. The molecule has 0 atom stereocenters. The molecule has 2 nitrogen and oxygen atoms in total. The van der Waals surface area contributed by atoms with Gasteiger partial charge in [0.05, 0.1) is 0 Å². The number of hydrogen-bond acceptors (Lipinski definition) is 2. The van der Waals surface area contributed by atoms with Crippen LogP contribution in [0.3, 0.4) is 0 Å². The van der Waals surface area contributed by atoms with Crippen molar-refractivity contribution in [1.29, 1.82) is 0 Å². The van der Waals surface area contributed by atoms with Crippen molar-refractivity contribution in [3.8, 4) is 0 Å². The Balaban J connectivity index is 0.000000171. The van der Waals surface area contributed by atoms with Crippen molar-refractivity contribution in [3.05, 3.63) is 115 Å². The first-order valence-electron chi connectivity index (χ1n) is 9.04. The van der Waals surface area contributed by atoms with E-state index in [9.17, 15) is 0 Å². The quantitative estimate of drug-likeness (QED) is 0.229. The fraction of sp³-hybridized carbons (Fsp3) is 0. The smallest absolute Gasteiger partial charge is 0.0395 e. The van der Waals surface area contributed by atoms with Crippen molar-refractivity contribution < 1.29 is 0 Å². The van der Waals surface area contributed by atoms with E-state index >= 15 is 0 Å². The molecule has 152 valence electrons. The summed E-state index contributed by atoms with van der Waals surface area (Å²) in [6, 6.07) is 32.4.